The van der Waals surface area contributed by atoms with Crippen molar-refractivity contribution in [3.8, 4) is 40.7 Å². The molecule has 214 valence electrons. The second-order valence-corrected chi connectivity index (χ2v) is 10.9. The molecule has 2 aliphatic heterocycles. The Balaban J connectivity index is 1.17. The highest BCUT2D eigenvalue weighted by Crippen LogP contribution is 2.37. The smallest absolute Gasteiger partial charge is 0.333 e. The van der Waals surface area contributed by atoms with Crippen molar-refractivity contribution in [2.45, 2.75) is 38.0 Å². The standard InChI is InChI=1S/C31H26F2N10/c1-2-23-5-3-19(11-36-23)14-40-17-24-6-7-25(18-40)43(24)28-8-4-20(12-37-28)26-9-21(22-13-38-42(16-22)31(32)33)15-41-29(26)27(10-34)30(35)39-41/h1,3-5,8-9,11-13,15-16,24-25,31H,6-7,14,17-18H2,(H2,35,39). The van der Waals surface area contributed by atoms with Crippen LogP contribution in [0.5, 0.6) is 0 Å². The van der Waals surface area contributed by atoms with Gasteiger partial charge in [-0.2, -0.15) is 19.1 Å². The van der Waals surface area contributed by atoms with Crippen LogP contribution in [0.4, 0.5) is 20.4 Å². The molecule has 0 radical (unpaired) electrons. The van der Waals surface area contributed by atoms with Crippen molar-refractivity contribution >= 4 is 17.2 Å². The zero-order valence-corrected chi connectivity index (χ0v) is 23.0. The molecular formula is C31H26F2N10. The Hall–Kier alpha value is -5.33. The number of nitriles is 1. The molecule has 2 N–H and O–H groups in total. The molecule has 0 amide bonds. The zero-order chi connectivity index (χ0) is 29.7. The molecule has 12 heteroatoms. The molecule has 5 aromatic heterocycles. The van der Waals surface area contributed by atoms with Gasteiger partial charge in [-0.25, -0.2) is 19.2 Å². The summed E-state index contributed by atoms with van der Waals surface area (Å²) in [4.78, 5) is 14.1. The third kappa shape index (κ3) is 4.72. The average molecular weight is 577 g/mol. The second kappa shape index (κ2) is 10.5. The van der Waals surface area contributed by atoms with Gasteiger partial charge < -0.3 is 10.6 Å². The minimum absolute atomic E-state index is 0.0889. The highest BCUT2D eigenvalue weighted by atomic mass is 19.3. The number of nitrogens with zero attached hydrogens (tertiary/aromatic N) is 9. The number of anilines is 2. The number of halogens is 2. The summed E-state index contributed by atoms with van der Waals surface area (Å²) < 4.78 is 28.5. The van der Waals surface area contributed by atoms with Gasteiger partial charge in [0.1, 0.15) is 23.1 Å². The van der Waals surface area contributed by atoms with Gasteiger partial charge in [-0.15, -0.1) is 11.5 Å². The summed E-state index contributed by atoms with van der Waals surface area (Å²) in [6, 6.07) is 12.6. The van der Waals surface area contributed by atoms with Crippen LogP contribution in [0.15, 0.2) is 61.3 Å². The third-order valence-electron chi connectivity index (χ3n) is 8.26. The van der Waals surface area contributed by atoms with Crippen LogP contribution < -0.4 is 10.6 Å². The fourth-order valence-electron chi connectivity index (χ4n) is 6.33. The number of hydrogen-bond donors (Lipinski definition) is 1. The molecule has 10 nitrogen and oxygen atoms in total. The van der Waals surface area contributed by atoms with Crippen LogP contribution in [-0.4, -0.2) is 59.4 Å². The molecule has 43 heavy (non-hydrogen) atoms. The fourth-order valence-corrected chi connectivity index (χ4v) is 6.33. The molecule has 2 unspecified atom stereocenters. The summed E-state index contributed by atoms with van der Waals surface area (Å²) in [6.45, 7) is -0.0869. The van der Waals surface area contributed by atoms with Gasteiger partial charge in [0.25, 0.3) is 0 Å². The molecule has 7 heterocycles. The lowest BCUT2D eigenvalue weighted by molar-refractivity contribution is 0.0566. The average Bonchev–Trinajstić information content (AvgIpc) is 3.71. The normalized spacial score (nSPS) is 18.3. The van der Waals surface area contributed by atoms with E-state index in [0.29, 0.717) is 44.7 Å². The van der Waals surface area contributed by atoms with Gasteiger partial charge in [-0.1, -0.05) is 12.0 Å². The summed E-state index contributed by atoms with van der Waals surface area (Å²) in [6.07, 6.45) is 15.6. The maximum atomic E-state index is 13.2. The quantitative estimate of drug-likeness (QED) is 0.297. The number of hydrogen-bond acceptors (Lipinski definition) is 8. The first-order chi connectivity index (χ1) is 20.9. The van der Waals surface area contributed by atoms with Crippen molar-refractivity contribution in [3.63, 3.8) is 0 Å². The largest absolute Gasteiger partial charge is 0.381 e. The number of rotatable bonds is 6. The monoisotopic (exact) mass is 576 g/mol. The van der Waals surface area contributed by atoms with Crippen LogP contribution in [0.3, 0.4) is 0 Å². The molecular weight excluding hydrogens is 550 g/mol. The van der Waals surface area contributed by atoms with Crippen molar-refractivity contribution in [2.75, 3.05) is 23.7 Å². The number of terminal acetylenes is 1. The summed E-state index contributed by atoms with van der Waals surface area (Å²) >= 11 is 0. The number of piperazine rings is 1. The van der Waals surface area contributed by atoms with E-state index in [1.54, 1.807) is 12.4 Å². The van der Waals surface area contributed by atoms with Gasteiger partial charge in [0.2, 0.25) is 0 Å². The van der Waals surface area contributed by atoms with Gasteiger partial charge >= 0.3 is 6.55 Å². The minimum Gasteiger partial charge on any atom is -0.381 e. The molecule has 2 aliphatic rings. The molecule has 2 saturated heterocycles. The van der Waals surface area contributed by atoms with E-state index >= 15 is 0 Å². The molecule has 0 aliphatic carbocycles. The number of nitrogens with two attached hydrogens (primary N) is 1. The summed E-state index contributed by atoms with van der Waals surface area (Å²) in [5, 5.41) is 17.9. The summed E-state index contributed by atoms with van der Waals surface area (Å²) in [7, 11) is 0. The zero-order valence-electron chi connectivity index (χ0n) is 23.0. The van der Waals surface area contributed by atoms with Crippen LogP contribution in [0.1, 0.15) is 36.2 Å². The van der Waals surface area contributed by atoms with Gasteiger partial charge in [-0.05, 0) is 42.7 Å². The SMILES string of the molecule is C#Cc1ccc(CN2CC3CCC(C2)N3c2ccc(-c3cc(-c4cnn(C(F)F)c4)cn4nc(N)c(C#N)c34)cn2)cn1. The van der Waals surface area contributed by atoms with Gasteiger partial charge in [0.15, 0.2) is 5.82 Å². The predicted octanol–water partition coefficient (Wildman–Crippen LogP) is 4.34. The Morgan fingerprint density at radius 3 is 2.44 bits per heavy atom. The highest BCUT2D eigenvalue weighted by Gasteiger charge is 2.40. The second-order valence-electron chi connectivity index (χ2n) is 10.9. The number of alkyl halides is 2. The molecule has 0 saturated carbocycles. The van der Waals surface area contributed by atoms with Crippen LogP contribution >= 0.6 is 0 Å². The molecule has 2 fully saturated rings. The molecule has 2 bridgehead atoms. The van der Waals surface area contributed by atoms with Gasteiger partial charge in [0, 0.05) is 78.8 Å². The Kier molecular flexibility index (Phi) is 6.48. The Morgan fingerprint density at radius 1 is 1.00 bits per heavy atom. The number of nitrogen functional groups attached to an aromatic ring is 1. The maximum absolute atomic E-state index is 13.2. The fraction of sp³-hybridized carbons (Fsp3) is 0.258. The lowest BCUT2D eigenvalue weighted by atomic mass is 10.0. The van der Waals surface area contributed by atoms with Gasteiger partial charge in [-0.3, -0.25) is 4.90 Å². The van der Waals surface area contributed by atoms with E-state index in [9.17, 15) is 14.0 Å². The lowest BCUT2D eigenvalue weighted by Gasteiger charge is -2.41. The molecule has 0 spiro atoms. The molecule has 0 aromatic carbocycles. The van der Waals surface area contributed by atoms with E-state index in [-0.39, 0.29) is 11.4 Å². The van der Waals surface area contributed by atoms with Crippen LogP contribution in [0.25, 0.3) is 27.8 Å². The number of aromatic nitrogens is 6. The predicted molar refractivity (Wildman–Crippen MR) is 157 cm³/mol. The van der Waals surface area contributed by atoms with Crippen molar-refractivity contribution in [2.24, 2.45) is 0 Å². The Labute approximate surface area is 246 Å². The van der Waals surface area contributed by atoms with Crippen LogP contribution in [0, 0.1) is 23.7 Å². The highest BCUT2D eigenvalue weighted by molar-refractivity contribution is 5.90. The topological polar surface area (TPSA) is 117 Å². The van der Waals surface area contributed by atoms with E-state index in [1.165, 1.54) is 16.9 Å². The molecule has 5 aromatic rings. The van der Waals surface area contributed by atoms with Crippen molar-refractivity contribution in [3.05, 3.63) is 78.1 Å². The van der Waals surface area contributed by atoms with E-state index in [0.717, 1.165) is 49.4 Å². The van der Waals surface area contributed by atoms with Crippen molar-refractivity contribution in [1.29, 1.82) is 5.26 Å². The van der Waals surface area contributed by atoms with E-state index in [2.05, 4.69) is 37.0 Å². The summed E-state index contributed by atoms with van der Waals surface area (Å²) in [5.41, 5.74) is 11.1. The Morgan fingerprint density at radius 2 is 1.81 bits per heavy atom. The maximum Gasteiger partial charge on any atom is 0.333 e. The number of likely N-dealkylation sites (tertiary alicyclic amines) is 1. The minimum atomic E-state index is -2.76. The molecule has 2 atom stereocenters. The lowest BCUT2D eigenvalue weighted by Crippen LogP contribution is -2.53. The number of pyridine rings is 3. The first kappa shape index (κ1) is 26.6. The van der Waals surface area contributed by atoms with Crippen molar-refractivity contribution in [1.82, 2.24) is 34.3 Å². The number of fused-ring (bicyclic) bond motifs is 3. The van der Waals surface area contributed by atoms with Crippen LogP contribution in [-0.2, 0) is 6.54 Å². The first-order valence-corrected chi connectivity index (χ1v) is 13.8. The Bertz CT molecular complexity index is 1880. The van der Waals surface area contributed by atoms with E-state index < -0.39 is 6.55 Å². The van der Waals surface area contributed by atoms with Gasteiger partial charge in [0.05, 0.1) is 11.7 Å². The third-order valence-corrected chi connectivity index (χ3v) is 8.26. The van der Waals surface area contributed by atoms with Crippen LogP contribution in [0.2, 0.25) is 0 Å². The van der Waals surface area contributed by atoms with E-state index in [4.69, 9.17) is 17.1 Å². The van der Waals surface area contributed by atoms with E-state index in [1.807, 2.05) is 36.5 Å². The summed E-state index contributed by atoms with van der Waals surface area (Å²) in [5.74, 6) is 3.55. The van der Waals surface area contributed by atoms with Crippen molar-refractivity contribution < 1.29 is 8.78 Å². The molecule has 7 rings (SSSR count). The first-order valence-electron chi connectivity index (χ1n) is 13.8.